The first-order chi connectivity index (χ1) is 9.26. The molecule has 1 N–H and O–H groups in total. The highest BCUT2D eigenvalue weighted by atomic mass is 16.3. The predicted octanol–water partition coefficient (Wildman–Crippen LogP) is 2.65. The number of hydrogen-bond donors (Lipinski definition) is 1. The lowest BCUT2D eigenvalue weighted by Crippen LogP contribution is -2.20. The zero-order valence-corrected chi connectivity index (χ0v) is 11.3. The molecule has 0 saturated heterocycles. The van der Waals surface area contributed by atoms with Gasteiger partial charge in [-0.3, -0.25) is 0 Å². The topological polar surface area (TPSA) is 38.0 Å². The van der Waals surface area contributed by atoms with E-state index in [-0.39, 0.29) is 12.6 Å². The van der Waals surface area contributed by atoms with Crippen LogP contribution in [0.1, 0.15) is 41.5 Å². The molecule has 2 heterocycles. The van der Waals surface area contributed by atoms with Crippen LogP contribution in [0.2, 0.25) is 0 Å². The first-order valence-corrected chi connectivity index (χ1v) is 6.99. The quantitative estimate of drug-likeness (QED) is 0.916. The van der Waals surface area contributed by atoms with E-state index < -0.39 is 0 Å². The molecule has 0 fully saturated rings. The Balaban J connectivity index is 1.82. The van der Waals surface area contributed by atoms with Gasteiger partial charge in [0.25, 0.3) is 0 Å². The Morgan fingerprint density at radius 2 is 2.11 bits per heavy atom. The van der Waals surface area contributed by atoms with Gasteiger partial charge in [-0.15, -0.1) is 0 Å². The van der Waals surface area contributed by atoms with Crippen LogP contribution in [0.3, 0.4) is 0 Å². The summed E-state index contributed by atoms with van der Waals surface area (Å²) >= 11 is 0. The van der Waals surface area contributed by atoms with E-state index in [4.69, 9.17) is 4.98 Å². The van der Waals surface area contributed by atoms with Crippen molar-refractivity contribution in [3.8, 4) is 0 Å². The van der Waals surface area contributed by atoms with Gasteiger partial charge in [-0.05, 0) is 25.3 Å². The van der Waals surface area contributed by atoms with Crippen molar-refractivity contribution in [3.05, 3.63) is 53.1 Å². The molecule has 3 heteroatoms. The number of hydrogen-bond acceptors (Lipinski definition) is 2. The second kappa shape index (κ2) is 5.17. The van der Waals surface area contributed by atoms with E-state index >= 15 is 0 Å². The minimum atomic E-state index is 0.216. The van der Waals surface area contributed by atoms with Crippen molar-refractivity contribution < 1.29 is 5.11 Å². The second-order valence-corrected chi connectivity index (χ2v) is 5.45. The van der Waals surface area contributed by atoms with E-state index in [0.29, 0.717) is 0 Å². The number of rotatable bonds is 3. The van der Waals surface area contributed by atoms with Crippen LogP contribution in [0, 0.1) is 6.92 Å². The fourth-order valence-corrected chi connectivity index (χ4v) is 2.80. The number of fused-ring (bicyclic) bond motifs is 1. The third-order valence-electron chi connectivity index (χ3n) is 3.91. The van der Waals surface area contributed by atoms with Gasteiger partial charge >= 0.3 is 0 Å². The smallest absolute Gasteiger partial charge is 0.109 e. The molecule has 19 heavy (non-hydrogen) atoms. The molecule has 0 saturated carbocycles. The van der Waals surface area contributed by atoms with Gasteiger partial charge in [-0.1, -0.05) is 29.8 Å². The molecule has 0 bridgehead atoms. The number of benzene rings is 1. The van der Waals surface area contributed by atoms with Gasteiger partial charge in [0.15, 0.2) is 0 Å². The lowest BCUT2D eigenvalue weighted by atomic mass is 10.1. The molecule has 0 spiro atoms. The molecule has 1 aliphatic heterocycles. The molecule has 1 atom stereocenters. The predicted molar refractivity (Wildman–Crippen MR) is 75.3 cm³/mol. The molecule has 3 nitrogen and oxygen atoms in total. The van der Waals surface area contributed by atoms with Crippen molar-refractivity contribution in [2.45, 2.75) is 38.6 Å². The molecule has 1 aromatic heterocycles. The van der Waals surface area contributed by atoms with Crippen LogP contribution in [0.4, 0.5) is 0 Å². The Hall–Kier alpha value is -1.61. The zero-order valence-electron chi connectivity index (χ0n) is 11.3. The summed E-state index contributed by atoms with van der Waals surface area (Å²) in [5.41, 5.74) is 3.69. The summed E-state index contributed by atoms with van der Waals surface area (Å²) in [6, 6.07) is 8.83. The lowest BCUT2D eigenvalue weighted by molar-refractivity contribution is 0.206. The number of aliphatic hydroxyl groups is 1. The van der Waals surface area contributed by atoms with Crippen LogP contribution >= 0.6 is 0 Å². The first-order valence-electron chi connectivity index (χ1n) is 6.99. The van der Waals surface area contributed by atoms with Crippen LogP contribution in [-0.4, -0.2) is 21.3 Å². The Morgan fingerprint density at radius 1 is 1.32 bits per heavy atom. The number of aryl methyl sites for hydroxylation is 2. The van der Waals surface area contributed by atoms with Crippen LogP contribution in [-0.2, 0) is 12.8 Å². The molecule has 2 aromatic rings. The number of nitrogens with zero attached hydrogens (tertiary/aromatic N) is 2. The number of imidazole rings is 1. The van der Waals surface area contributed by atoms with E-state index in [0.717, 1.165) is 37.2 Å². The number of aliphatic hydroxyl groups excluding tert-OH is 1. The summed E-state index contributed by atoms with van der Waals surface area (Å²) in [5.74, 6) is 1.13. The van der Waals surface area contributed by atoms with Crippen LogP contribution in [0.25, 0.3) is 0 Å². The highest BCUT2D eigenvalue weighted by Crippen LogP contribution is 2.25. The van der Waals surface area contributed by atoms with E-state index in [9.17, 15) is 5.11 Å². The Bertz CT molecular complexity index is 557. The van der Waals surface area contributed by atoms with Crippen molar-refractivity contribution in [2.24, 2.45) is 0 Å². The fourth-order valence-electron chi connectivity index (χ4n) is 2.80. The summed E-state index contributed by atoms with van der Waals surface area (Å²) in [4.78, 5) is 4.72. The van der Waals surface area contributed by atoms with E-state index in [2.05, 4.69) is 42.0 Å². The van der Waals surface area contributed by atoms with Crippen LogP contribution in [0.15, 0.2) is 30.5 Å². The first kappa shape index (κ1) is 12.4. The molecular weight excluding hydrogens is 236 g/mol. The molecule has 1 unspecified atom stereocenters. The van der Waals surface area contributed by atoms with Gasteiger partial charge in [-0.2, -0.15) is 0 Å². The average molecular weight is 256 g/mol. The van der Waals surface area contributed by atoms with E-state index in [1.54, 1.807) is 0 Å². The minimum Gasteiger partial charge on any atom is -0.394 e. The maximum absolute atomic E-state index is 9.42. The summed E-state index contributed by atoms with van der Waals surface area (Å²) in [6.45, 7) is 2.32. The van der Waals surface area contributed by atoms with Gasteiger partial charge < -0.3 is 9.67 Å². The summed E-state index contributed by atoms with van der Waals surface area (Å²) in [7, 11) is 0. The van der Waals surface area contributed by atoms with Crippen molar-refractivity contribution in [1.82, 2.24) is 9.55 Å². The van der Waals surface area contributed by atoms with Gasteiger partial charge in [0, 0.05) is 19.0 Å². The highest BCUT2D eigenvalue weighted by molar-refractivity contribution is 5.25. The van der Waals surface area contributed by atoms with Crippen LogP contribution < -0.4 is 0 Å². The molecule has 0 radical (unpaired) electrons. The zero-order chi connectivity index (χ0) is 13.2. The van der Waals surface area contributed by atoms with Gasteiger partial charge in [0.1, 0.15) is 5.82 Å². The standard InChI is InChI=1S/C16H20N2O/c1-12-5-7-13(8-6-12)9-14-10-18-15(11-19)3-2-4-16(18)17-14/h5-8,10,15,19H,2-4,9,11H2,1H3. The monoisotopic (exact) mass is 256 g/mol. The maximum Gasteiger partial charge on any atom is 0.109 e. The normalized spacial score (nSPS) is 18.3. The Kier molecular flexibility index (Phi) is 3.38. The van der Waals surface area contributed by atoms with E-state index in [1.807, 2.05) is 0 Å². The third-order valence-corrected chi connectivity index (χ3v) is 3.91. The van der Waals surface area contributed by atoms with Gasteiger partial charge in [0.05, 0.1) is 18.3 Å². The molecule has 100 valence electrons. The van der Waals surface area contributed by atoms with Gasteiger partial charge in [0.2, 0.25) is 0 Å². The largest absolute Gasteiger partial charge is 0.394 e. The summed E-state index contributed by atoms with van der Waals surface area (Å²) in [5, 5.41) is 9.42. The molecule has 0 aliphatic carbocycles. The average Bonchev–Trinajstić information content (AvgIpc) is 2.83. The number of aromatic nitrogens is 2. The maximum atomic E-state index is 9.42. The highest BCUT2D eigenvalue weighted by Gasteiger charge is 2.20. The molecule has 1 aliphatic rings. The molecule has 1 aromatic carbocycles. The molecule has 0 amide bonds. The Morgan fingerprint density at radius 3 is 2.84 bits per heavy atom. The second-order valence-electron chi connectivity index (χ2n) is 5.45. The van der Waals surface area contributed by atoms with Crippen molar-refractivity contribution in [2.75, 3.05) is 6.61 Å². The summed E-state index contributed by atoms with van der Waals surface area (Å²) in [6.07, 6.45) is 6.22. The molecular formula is C16H20N2O. The molecule has 3 rings (SSSR count). The van der Waals surface area contributed by atoms with Gasteiger partial charge in [-0.25, -0.2) is 4.98 Å². The Labute approximate surface area is 113 Å². The lowest BCUT2D eigenvalue weighted by Gasteiger charge is -2.22. The van der Waals surface area contributed by atoms with Crippen molar-refractivity contribution >= 4 is 0 Å². The van der Waals surface area contributed by atoms with Crippen molar-refractivity contribution in [1.29, 1.82) is 0 Å². The third kappa shape index (κ3) is 2.56. The van der Waals surface area contributed by atoms with Crippen LogP contribution in [0.5, 0.6) is 0 Å². The summed E-state index contributed by atoms with van der Waals surface area (Å²) < 4.78 is 2.17. The SMILES string of the molecule is Cc1ccc(Cc2cn3c(n2)CCCC3CO)cc1. The minimum absolute atomic E-state index is 0.216. The van der Waals surface area contributed by atoms with Crippen molar-refractivity contribution in [3.63, 3.8) is 0 Å². The van der Waals surface area contributed by atoms with E-state index in [1.165, 1.54) is 11.1 Å². The fraction of sp³-hybridized carbons (Fsp3) is 0.438.